The Morgan fingerprint density at radius 1 is 1.11 bits per heavy atom. The fraction of sp³-hybridized carbons (Fsp3) is 0.667. The third kappa shape index (κ3) is 4.35. The molecule has 0 spiro atoms. The molecule has 0 radical (unpaired) electrons. The maximum atomic E-state index is 5.77. The van der Waals surface area contributed by atoms with Gasteiger partial charge < -0.3 is 5.73 Å². The third-order valence-electron chi connectivity index (χ3n) is 3.64. The van der Waals surface area contributed by atoms with Crippen LogP contribution in [-0.4, -0.2) is 6.54 Å². The summed E-state index contributed by atoms with van der Waals surface area (Å²) in [5.74, 6) is 0. The second kappa shape index (κ2) is 10.0. The summed E-state index contributed by atoms with van der Waals surface area (Å²) >= 11 is 0. The first kappa shape index (κ1) is 18.2. The molecule has 0 bridgehead atoms. The van der Waals surface area contributed by atoms with Crippen LogP contribution in [0.5, 0.6) is 0 Å². The normalized spacial score (nSPS) is 23.3. The van der Waals surface area contributed by atoms with Crippen LogP contribution in [0.3, 0.4) is 0 Å². The zero-order valence-electron chi connectivity index (χ0n) is 13.6. The molecule has 2 rings (SSSR count). The van der Waals surface area contributed by atoms with Gasteiger partial charge in [-0.15, -0.1) is 0 Å². The highest BCUT2D eigenvalue weighted by Gasteiger charge is 2.34. The summed E-state index contributed by atoms with van der Waals surface area (Å²) in [6.45, 7) is 11.0. The largest absolute Gasteiger partial charge is 0.330 e. The molecule has 1 nitrogen and oxygen atoms in total. The van der Waals surface area contributed by atoms with Crippen LogP contribution in [0.2, 0.25) is 0 Å². The van der Waals surface area contributed by atoms with Gasteiger partial charge in [0.15, 0.2) is 0 Å². The van der Waals surface area contributed by atoms with Gasteiger partial charge in [0.05, 0.1) is 0 Å². The van der Waals surface area contributed by atoms with Gasteiger partial charge in [-0.3, -0.25) is 0 Å². The average molecular weight is 263 g/mol. The summed E-state index contributed by atoms with van der Waals surface area (Å²) in [6, 6.07) is 0. The van der Waals surface area contributed by atoms with Crippen molar-refractivity contribution in [3.8, 4) is 0 Å². The standard InChI is InChI=1S/C14H21N.2C2H6/c1-2-8-14(10-11-15)9-7-12-5-3-4-6-13(12)14;2*1-2/h4,6-7,9H,2-3,5,8,10-11,15H2,1H3;2*1-2H3. The molecule has 2 aliphatic carbocycles. The predicted octanol–water partition coefficient (Wildman–Crippen LogP) is 5.39. The summed E-state index contributed by atoms with van der Waals surface area (Å²) in [5, 5.41) is 0. The predicted molar refractivity (Wildman–Crippen MR) is 88.2 cm³/mol. The zero-order chi connectivity index (χ0) is 14.7. The Morgan fingerprint density at radius 3 is 2.37 bits per heavy atom. The lowest BCUT2D eigenvalue weighted by Crippen LogP contribution is -2.23. The van der Waals surface area contributed by atoms with Crippen LogP contribution in [0, 0.1) is 5.41 Å². The maximum absolute atomic E-state index is 5.77. The van der Waals surface area contributed by atoms with Crippen molar-refractivity contribution in [3.05, 3.63) is 35.5 Å². The first-order valence-corrected chi connectivity index (χ1v) is 8.12. The van der Waals surface area contributed by atoms with E-state index >= 15 is 0 Å². The minimum Gasteiger partial charge on any atom is -0.330 e. The lowest BCUT2D eigenvalue weighted by atomic mass is 9.74. The van der Waals surface area contributed by atoms with Crippen LogP contribution in [0.25, 0.3) is 0 Å². The minimum absolute atomic E-state index is 0.274. The highest BCUT2D eigenvalue weighted by molar-refractivity contribution is 5.49. The number of nitrogens with two attached hydrogens (primary N) is 1. The maximum Gasteiger partial charge on any atom is 0.0149 e. The van der Waals surface area contributed by atoms with E-state index in [1.54, 1.807) is 11.1 Å². The Bertz CT molecular complexity index is 315. The van der Waals surface area contributed by atoms with Gasteiger partial charge in [0, 0.05) is 5.41 Å². The van der Waals surface area contributed by atoms with Gasteiger partial charge >= 0.3 is 0 Å². The number of hydrogen-bond donors (Lipinski definition) is 1. The Kier molecular flexibility index (Phi) is 9.59. The van der Waals surface area contributed by atoms with Crippen LogP contribution in [0.4, 0.5) is 0 Å². The van der Waals surface area contributed by atoms with Crippen LogP contribution >= 0.6 is 0 Å². The van der Waals surface area contributed by atoms with Crippen LogP contribution < -0.4 is 5.73 Å². The molecule has 0 amide bonds. The summed E-state index contributed by atoms with van der Waals surface area (Å²) in [5.41, 5.74) is 9.15. The van der Waals surface area contributed by atoms with Gasteiger partial charge in [-0.2, -0.15) is 0 Å². The summed E-state index contributed by atoms with van der Waals surface area (Å²) in [7, 11) is 0. The van der Waals surface area contributed by atoms with E-state index < -0.39 is 0 Å². The number of rotatable bonds is 4. The van der Waals surface area contributed by atoms with Gasteiger partial charge in [-0.1, -0.05) is 65.3 Å². The van der Waals surface area contributed by atoms with E-state index in [1.165, 1.54) is 25.7 Å². The Balaban J connectivity index is 0.000000741. The van der Waals surface area contributed by atoms with Gasteiger partial charge in [0.25, 0.3) is 0 Å². The molecule has 0 saturated carbocycles. The second-order valence-electron chi connectivity index (χ2n) is 4.66. The topological polar surface area (TPSA) is 26.0 Å². The molecule has 0 heterocycles. The van der Waals surface area contributed by atoms with Gasteiger partial charge in [-0.25, -0.2) is 0 Å². The molecule has 0 aromatic carbocycles. The number of allylic oxidation sites excluding steroid dienone is 6. The van der Waals surface area contributed by atoms with Gasteiger partial charge in [0.2, 0.25) is 0 Å². The summed E-state index contributed by atoms with van der Waals surface area (Å²) in [6.07, 6.45) is 15.4. The molecule has 1 unspecified atom stereocenters. The molecule has 2 aliphatic rings. The Morgan fingerprint density at radius 2 is 1.79 bits per heavy atom. The van der Waals surface area contributed by atoms with Crippen molar-refractivity contribution in [2.45, 2.75) is 66.7 Å². The van der Waals surface area contributed by atoms with Crippen molar-refractivity contribution in [2.75, 3.05) is 6.54 Å². The molecule has 2 N–H and O–H groups in total. The first-order valence-electron chi connectivity index (χ1n) is 8.12. The van der Waals surface area contributed by atoms with E-state index in [0.717, 1.165) is 13.0 Å². The highest BCUT2D eigenvalue weighted by Crippen LogP contribution is 2.47. The molecule has 0 aromatic rings. The van der Waals surface area contributed by atoms with Gasteiger partial charge in [-0.05, 0) is 43.4 Å². The minimum atomic E-state index is 0.274. The highest BCUT2D eigenvalue weighted by atomic mass is 14.5. The van der Waals surface area contributed by atoms with Gasteiger partial charge in [0.1, 0.15) is 0 Å². The lowest BCUT2D eigenvalue weighted by Gasteiger charge is -2.30. The van der Waals surface area contributed by atoms with Crippen molar-refractivity contribution >= 4 is 0 Å². The summed E-state index contributed by atoms with van der Waals surface area (Å²) in [4.78, 5) is 0. The molecule has 0 saturated heterocycles. The molecule has 0 aliphatic heterocycles. The molecule has 110 valence electrons. The van der Waals surface area contributed by atoms with E-state index in [9.17, 15) is 0 Å². The van der Waals surface area contributed by atoms with Crippen LogP contribution in [-0.2, 0) is 0 Å². The van der Waals surface area contributed by atoms with Crippen molar-refractivity contribution < 1.29 is 0 Å². The smallest absolute Gasteiger partial charge is 0.0149 e. The molecule has 19 heavy (non-hydrogen) atoms. The SMILES string of the molecule is CC.CC.CCCC1(CCN)C=CC2=C1C=CCC2. The van der Waals surface area contributed by atoms with E-state index in [4.69, 9.17) is 5.73 Å². The first-order chi connectivity index (χ1) is 9.32. The molecule has 1 heteroatoms. The van der Waals surface area contributed by atoms with Crippen LogP contribution in [0.1, 0.15) is 66.7 Å². The Labute approximate surface area is 120 Å². The van der Waals surface area contributed by atoms with E-state index in [0.29, 0.717) is 0 Å². The molecule has 0 aromatic heterocycles. The monoisotopic (exact) mass is 263 g/mol. The second-order valence-corrected chi connectivity index (χ2v) is 4.66. The molecular weight excluding hydrogens is 230 g/mol. The van der Waals surface area contributed by atoms with Crippen molar-refractivity contribution in [3.63, 3.8) is 0 Å². The molecule has 0 fully saturated rings. The fourth-order valence-corrected chi connectivity index (χ4v) is 2.96. The third-order valence-corrected chi connectivity index (χ3v) is 3.64. The lowest BCUT2D eigenvalue weighted by molar-refractivity contribution is 0.401. The van der Waals surface area contributed by atoms with E-state index in [-0.39, 0.29) is 5.41 Å². The van der Waals surface area contributed by atoms with Crippen molar-refractivity contribution in [2.24, 2.45) is 11.1 Å². The van der Waals surface area contributed by atoms with E-state index in [2.05, 4.69) is 31.2 Å². The quantitative estimate of drug-likeness (QED) is 0.723. The fourth-order valence-electron chi connectivity index (χ4n) is 2.96. The average Bonchev–Trinajstić information content (AvgIpc) is 2.84. The van der Waals surface area contributed by atoms with Crippen molar-refractivity contribution in [1.82, 2.24) is 0 Å². The summed E-state index contributed by atoms with van der Waals surface area (Å²) < 4.78 is 0. The Hall–Kier alpha value is -0.820. The van der Waals surface area contributed by atoms with Crippen molar-refractivity contribution in [1.29, 1.82) is 0 Å². The molecular formula is C18H33N. The molecule has 1 atom stereocenters. The number of hydrogen-bond acceptors (Lipinski definition) is 1. The van der Waals surface area contributed by atoms with Crippen LogP contribution in [0.15, 0.2) is 35.5 Å². The zero-order valence-corrected chi connectivity index (χ0v) is 13.6. The van der Waals surface area contributed by atoms with E-state index in [1.807, 2.05) is 27.7 Å².